The van der Waals surface area contributed by atoms with Gasteiger partial charge in [-0.25, -0.2) is 0 Å². The lowest BCUT2D eigenvalue weighted by Crippen LogP contribution is -2.27. The highest BCUT2D eigenvalue weighted by Gasteiger charge is 2.36. The van der Waals surface area contributed by atoms with Gasteiger partial charge in [0.15, 0.2) is 0 Å². The molecule has 184 valence electrons. The van der Waals surface area contributed by atoms with E-state index in [9.17, 15) is 32.9 Å². The van der Waals surface area contributed by atoms with Crippen molar-refractivity contribution in [2.75, 3.05) is 0 Å². The quantitative estimate of drug-likeness (QED) is 0.172. The normalized spacial score (nSPS) is 15.0. The summed E-state index contributed by atoms with van der Waals surface area (Å²) in [5, 5.41) is 10.9. The molecule has 1 heterocycles. The lowest BCUT2D eigenvalue weighted by Gasteiger charge is -2.13. The minimum atomic E-state index is -4.76. The van der Waals surface area contributed by atoms with E-state index in [1.54, 1.807) is 42.5 Å². The maximum atomic E-state index is 13.0. The molecule has 0 aromatic heterocycles. The number of nitro benzene ring substituents is 1. The first-order valence-electron chi connectivity index (χ1n) is 10.2. The summed E-state index contributed by atoms with van der Waals surface area (Å²) in [4.78, 5) is 37.1. The van der Waals surface area contributed by atoms with Gasteiger partial charge in [-0.05, 0) is 47.7 Å². The highest BCUT2D eigenvalue weighted by molar-refractivity contribution is 9.10. The Kier molecular flexibility index (Phi) is 7.18. The van der Waals surface area contributed by atoms with Crippen LogP contribution in [-0.2, 0) is 17.5 Å². The molecular weight excluding hydrogens is 565 g/mol. The number of amides is 2. The third kappa shape index (κ3) is 5.44. The summed E-state index contributed by atoms with van der Waals surface area (Å²) in [7, 11) is 0. The summed E-state index contributed by atoms with van der Waals surface area (Å²) < 4.78 is 45.3. The molecule has 12 heteroatoms. The van der Waals surface area contributed by atoms with Crippen LogP contribution < -0.4 is 4.74 Å². The Morgan fingerprint density at radius 1 is 1.03 bits per heavy atom. The summed E-state index contributed by atoms with van der Waals surface area (Å²) in [6.07, 6.45) is -3.37. The fourth-order valence-electron chi connectivity index (χ4n) is 3.31. The van der Waals surface area contributed by atoms with Crippen LogP contribution in [0.4, 0.5) is 23.7 Å². The van der Waals surface area contributed by atoms with Gasteiger partial charge in [0.2, 0.25) is 5.75 Å². The van der Waals surface area contributed by atoms with Gasteiger partial charge in [0.1, 0.15) is 5.75 Å². The number of benzene rings is 3. The van der Waals surface area contributed by atoms with E-state index in [1.165, 1.54) is 12.1 Å². The van der Waals surface area contributed by atoms with Gasteiger partial charge in [0.05, 0.1) is 21.9 Å². The predicted molar refractivity (Wildman–Crippen MR) is 130 cm³/mol. The van der Waals surface area contributed by atoms with Gasteiger partial charge >= 0.3 is 11.9 Å². The molecule has 0 bridgehead atoms. The van der Waals surface area contributed by atoms with Crippen molar-refractivity contribution >= 4 is 50.6 Å². The van der Waals surface area contributed by atoms with Gasteiger partial charge in [0.25, 0.3) is 11.1 Å². The molecule has 7 nitrogen and oxygen atoms in total. The largest absolute Gasteiger partial charge is 0.449 e. The molecule has 36 heavy (non-hydrogen) atoms. The van der Waals surface area contributed by atoms with Crippen LogP contribution >= 0.6 is 27.7 Å². The molecule has 0 unspecified atom stereocenters. The Morgan fingerprint density at radius 2 is 1.72 bits per heavy atom. The standard InChI is InChI=1S/C24H14BrF3N2O5S/c25-17-7-3-1-6-15(17)13-29-22(31)21(36-23(29)32)11-14-5-2-4-8-19(14)35-20-10-9-16(24(26,27)28)12-18(20)30(33)34/h1-12H,13H2/b21-11+. The van der Waals surface area contributed by atoms with Gasteiger partial charge in [-0.2, -0.15) is 13.2 Å². The summed E-state index contributed by atoms with van der Waals surface area (Å²) in [6, 6.07) is 15.3. The second kappa shape index (κ2) is 10.2. The SMILES string of the molecule is O=C1S/C(=C/c2ccccc2Oc2ccc(C(F)(F)F)cc2[N+](=O)[O-])C(=O)N1Cc1ccccc1Br. The van der Waals surface area contributed by atoms with Crippen LogP contribution in [0.2, 0.25) is 0 Å². The fraction of sp³-hybridized carbons (Fsp3) is 0.0833. The average Bonchev–Trinajstić information content (AvgIpc) is 3.08. The third-order valence-electron chi connectivity index (χ3n) is 5.07. The minimum Gasteiger partial charge on any atom is -0.449 e. The second-order valence-electron chi connectivity index (χ2n) is 7.44. The first-order chi connectivity index (χ1) is 17.0. The summed E-state index contributed by atoms with van der Waals surface area (Å²) in [5.74, 6) is -0.884. The molecule has 0 saturated carbocycles. The maximum Gasteiger partial charge on any atom is 0.416 e. The first kappa shape index (κ1) is 25.5. The fourth-order valence-corrected chi connectivity index (χ4v) is 4.55. The highest BCUT2D eigenvalue weighted by Crippen LogP contribution is 2.40. The molecule has 1 aliphatic heterocycles. The van der Waals surface area contributed by atoms with E-state index in [-0.39, 0.29) is 17.2 Å². The molecule has 0 aliphatic carbocycles. The number of imide groups is 1. The van der Waals surface area contributed by atoms with Gasteiger partial charge < -0.3 is 4.74 Å². The third-order valence-corrected chi connectivity index (χ3v) is 6.75. The predicted octanol–water partition coefficient (Wildman–Crippen LogP) is 7.40. The topological polar surface area (TPSA) is 89.7 Å². The van der Waals surface area contributed by atoms with Crippen LogP contribution in [0.5, 0.6) is 11.5 Å². The van der Waals surface area contributed by atoms with Crippen LogP contribution in [0.1, 0.15) is 16.7 Å². The number of carbonyl (C=O) groups excluding carboxylic acids is 2. The molecule has 0 N–H and O–H groups in total. The van der Waals surface area contributed by atoms with Gasteiger partial charge in [-0.15, -0.1) is 0 Å². The van der Waals surface area contributed by atoms with Crippen LogP contribution in [0.3, 0.4) is 0 Å². The Morgan fingerprint density at radius 3 is 2.42 bits per heavy atom. The van der Waals surface area contributed by atoms with Crippen LogP contribution in [0.15, 0.2) is 76.1 Å². The summed E-state index contributed by atoms with van der Waals surface area (Å²) in [6.45, 7) is 0.0549. The number of nitrogens with zero attached hydrogens (tertiary/aromatic N) is 2. The Bertz CT molecular complexity index is 1410. The second-order valence-corrected chi connectivity index (χ2v) is 9.28. The number of hydrogen-bond donors (Lipinski definition) is 0. The maximum absolute atomic E-state index is 13.0. The smallest absolute Gasteiger partial charge is 0.416 e. The molecule has 2 amide bonds. The van der Waals surface area contributed by atoms with Crippen molar-refractivity contribution in [1.82, 2.24) is 4.90 Å². The Balaban J connectivity index is 1.63. The highest BCUT2D eigenvalue weighted by atomic mass is 79.9. The van der Waals surface area contributed by atoms with Crippen molar-refractivity contribution in [3.8, 4) is 11.5 Å². The van der Waals surface area contributed by atoms with Crippen molar-refractivity contribution < 1.29 is 32.4 Å². The van der Waals surface area contributed by atoms with Crippen LogP contribution in [-0.4, -0.2) is 21.0 Å². The number of alkyl halides is 3. The number of hydrogen-bond acceptors (Lipinski definition) is 6. The van der Waals surface area contributed by atoms with Crippen molar-refractivity contribution in [1.29, 1.82) is 0 Å². The molecule has 3 aromatic rings. The van der Waals surface area contributed by atoms with E-state index < -0.39 is 39.2 Å². The molecule has 1 fully saturated rings. The number of ether oxygens (including phenoxy) is 1. The van der Waals surface area contributed by atoms with Gasteiger partial charge in [0, 0.05) is 16.1 Å². The van der Waals surface area contributed by atoms with E-state index in [2.05, 4.69) is 15.9 Å². The number of thioether (sulfide) groups is 1. The van der Waals surface area contributed by atoms with Crippen molar-refractivity contribution in [3.63, 3.8) is 0 Å². The number of nitro groups is 1. The summed E-state index contributed by atoms with van der Waals surface area (Å²) >= 11 is 4.11. The molecule has 1 aliphatic rings. The summed E-state index contributed by atoms with van der Waals surface area (Å²) in [5.41, 5.74) is -1.01. The zero-order valence-corrected chi connectivity index (χ0v) is 20.4. The van der Waals surface area contributed by atoms with Crippen molar-refractivity contribution in [2.45, 2.75) is 12.7 Å². The first-order valence-corrected chi connectivity index (χ1v) is 11.8. The molecule has 4 rings (SSSR count). The molecule has 3 aromatic carbocycles. The van der Waals surface area contributed by atoms with Gasteiger partial charge in [-0.3, -0.25) is 24.6 Å². The van der Waals surface area contributed by atoms with E-state index in [0.29, 0.717) is 17.7 Å². The van der Waals surface area contributed by atoms with E-state index in [0.717, 1.165) is 32.8 Å². The monoisotopic (exact) mass is 578 g/mol. The minimum absolute atomic E-state index is 0.0537. The molecule has 1 saturated heterocycles. The molecular formula is C24H14BrF3N2O5S. The Hall–Kier alpha value is -3.64. The molecule has 0 radical (unpaired) electrons. The van der Waals surface area contributed by atoms with E-state index >= 15 is 0 Å². The zero-order chi connectivity index (χ0) is 26.0. The molecule has 0 atom stereocenters. The average molecular weight is 579 g/mol. The van der Waals surface area contributed by atoms with E-state index in [1.807, 2.05) is 0 Å². The Labute approximate surface area is 214 Å². The lowest BCUT2D eigenvalue weighted by molar-refractivity contribution is -0.385. The number of halogens is 4. The van der Waals surface area contributed by atoms with E-state index in [4.69, 9.17) is 4.74 Å². The number of rotatable bonds is 6. The van der Waals surface area contributed by atoms with Gasteiger partial charge in [-0.1, -0.05) is 52.3 Å². The van der Waals surface area contributed by atoms with Crippen molar-refractivity contribution in [2.24, 2.45) is 0 Å². The van der Waals surface area contributed by atoms with Crippen LogP contribution in [0.25, 0.3) is 6.08 Å². The van der Waals surface area contributed by atoms with Crippen LogP contribution in [0, 0.1) is 10.1 Å². The lowest BCUT2D eigenvalue weighted by atomic mass is 10.1. The number of carbonyl (C=O) groups is 2. The number of para-hydroxylation sites is 1. The zero-order valence-electron chi connectivity index (χ0n) is 18.0. The van der Waals surface area contributed by atoms with Crippen molar-refractivity contribution in [3.05, 3.63) is 103 Å². The molecule has 0 spiro atoms.